The Morgan fingerprint density at radius 3 is 2.48 bits per heavy atom. The van der Waals surface area contributed by atoms with Crippen molar-refractivity contribution in [3.63, 3.8) is 0 Å². The van der Waals surface area contributed by atoms with Gasteiger partial charge in [-0.15, -0.1) is 10.2 Å². The van der Waals surface area contributed by atoms with Gasteiger partial charge in [0.2, 0.25) is 17.7 Å². The number of benzene rings is 1. The number of rotatable bonds is 4. The standard InChI is InChI=1S/C17H17BrN6O/c18-14-5-2-1-4-13(14)16-22-21-15(25-16)12-23-8-10-24(11-9-23)17-19-6-3-7-20-17/h1-7H,8-12H2. The van der Waals surface area contributed by atoms with Crippen LogP contribution in [0, 0.1) is 0 Å². The Kier molecular flexibility index (Phi) is 4.71. The van der Waals surface area contributed by atoms with Crippen molar-refractivity contribution in [2.75, 3.05) is 31.1 Å². The van der Waals surface area contributed by atoms with Gasteiger partial charge >= 0.3 is 0 Å². The van der Waals surface area contributed by atoms with Crippen LogP contribution in [0.1, 0.15) is 5.89 Å². The number of hydrogen-bond donors (Lipinski definition) is 0. The van der Waals surface area contributed by atoms with E-state index >= 15 is 0 Å². The van der Waals surface area contributed by atoms with E-state index in [2.05, 4.69) is 45.9 Å². The zero-order valence-electron chi connectivity index (χ0n) is 13.5. The molecule has 8 heteroatoms. The van der Waals surface area contributed by atoms with E-state index in [0.29, 0.717) is 18.3 Å². The van der Waals surface area contributed by atoms with Gasteiger partial charge in [-0.05, 0) is 34.1 Å². The average Bonchev–Trinajstić information content (AvgIpc) is 3.12. The number of halogens is 1. The smallest absolute Gasteiger partial charge is 0.248 e. The molecule has 0 unspecified atom stereocenters. The number of piperazine rings is 1. The molecule has 0 spiro atoms. The van der Waals surface area contributed by atoms with Gasteiger partial charge in [-0.1, -0.05) is 12.1 Å². The first-order valence-corrected chi connectivity index (χ1v) is 8.90. The number of hydrogen-bond acceptors (Lipinski definition) is 7. The molecule has 1 aliphatic rings. The maximum absolute atomic E-state index is 5.83. The Labute approximate surface area is 153 Å². The zero-order chi connectivity index (χ0) is 17.1. The summed E-state index contributed by atoms with van der Waals surface area (Å²) in [7, 11) is 0. The van der Waals surface area contributed by atoms with E-state index in [0.717, 1.165) is 42.2 Å². The Hall–Kier alpha value is -2.32. The molecule has 1 saturated heterocycles. The lowest BCUT2D eigenvalue weighted by Gasteiger charge is -2.33. The van der Waals surface area contributed by atoms with Gasteiger partial charge in [0.15, 0.2) is 0 Å². The molecule has 1 aliphatic heterocycles. The number of aromatic nitrogens is 4. The first kappa shape index (κ1) is 16.2. The average molecular weight is 401 g/mol. The number of nitrogens with zero attached hydrogens (tertiary/aromatic N) is 6. The molecular formula is C17H17BrN6O. The highest BCUT2D eigenvalue weighted by atomic mass is 79.9. The monoisotopic (exact) mass is 400 g/mol. The van der Waals surface area contributed by atoms with E-state index in [1.165, 1.54) is 0 Å². The molecule has 128 valence electrons. The summed E-state index contributed by atoms with van der Waals surface area (Å²) >= 11 is 3.51. The van der Waals surface area contributed by atoms with Crippen molar-refractivity contribution in [1.82, 2.24) is 25.1 Å². The first-order valence-electron chi connectivity index (χ1n) is 8.11. The third-order valence-corrected chi connectivity index (χ3v) is 4.83. The van der Waals surface area contributed by atoms with Gasteiger partial charge < -0.3 is 9.32 Å². The molecule has 0 bridgehead atoms. The summed E-state index contributed by atoms with van der Waals surface area (Å²) in [6.45, 7) is 4.24. The Morgan fingerprint density at radius 2 is 1.72 bits per heavy atom. The molecule has 7 nitrogen and oxygen atoms in total. The van der Waals surface area contributed by atoms with Gasteiger partial charge in [0.05, 0.1) is 12.1 Å². The second-order valence-corrected chi connectivity index (χ2v) is 6.65. The van der Waals surface area contributed by atoms with Crippen molar-refractivity contribution in [1.29, 1.82) is 0 Å². The van der Waals surface area contributed by atoms with Crippen LogP contribution in [-0.2, 0) is 6.54 Å². The third kappa shape index (κ3) is 3.69. The van der Waals surface area contributed by atoms with Gasteiger partial charge in [0.25, 0.3) is 0 Å². The van der Waals surface area contributed by atoms with Gasteiger partial charge in [0.1, 0.15) is 0 Å². The molecular weight excluding hydrogens is 384 g/mol. The van der Waals surface area contributed by atoms with Gasteiger partial charge in [-0.3, -0.25) is 4.90 Å². The fourth-order valence-corrected chi connectivity index (χ4v) is 3.27. The summed E-state index contributed by atoms with van der Waals surface area (Å²) in [5, 5.41) is 8.36. The van der Waals surface area contributed by atoms with Crippen molar-refractivity contribution < 1.29 is 4.42 Å². The van der Waals surface area contributed by atoms with E-state index in [1.54, 1.807) is 12.4 Å². The number of anilines is 1. The first-order chi connectivity index (χ1) is 12.3. The molecule has 1 aromatic carbocycles. The summed E-state index contributed by atoms with van der Waals surface area (Å²) in [6, 6.07) is 9.66. The molecule has 1 fully saturated rings. The second-order valence-electron chi connectivity index (χ2n) is 5.79. The van der Waals surface area contributed by atoms with Crippen LogP contribution in [0.2, 0.25) is 0 Å². The predicted octanol–water partition coefficient (Wildman–Crippen LogP) is 2.61. The maximum atomic E-state index is 5.83. The summed E-state index contributed by atoms with van der Waals surface area (Å²) in [5.74, 6) is 1.96. The van der Waals surface area contributed by atoms with Crippen LogP contribution >= 0.6 is 15.9 Å². The molecule has 0 atom stereocenters. The Balaban J connectivity index is 1.37. The third-order valence-electron chi connectivity index (χ3n) is 4.14. The van der Waals surface area contributed by atoms with Gasteiger partial charge in [0, 0.05) is 43.0 Å². The Bertz CT molecular complexity index is 832. The normalized spacial score (nSPS) is 15.5. The predicted molar refractivity (Wildman–Crippen MR) is 97.0 cm³/mol. The van der Waals surface area contributed by atoms with Crippen LogP contribution < -0.4 is 4.90 Å². The van der Waals surface area contributed by atoms with Crippen molar-refractivity contribution >= 4 is 21.9 Å². The topological polar surface area (TPSA) is 71.2 Å². The zero-order valence-corrected chi connectivity index (χ0v) is 15.1. The summed E-state index contributed by atoms with van der Waals surface area (Å²) in [4.78, 5) is 13.1. The summed E-state index contributed by atoms with van der Waals surface area (Å²) in [5.41, 5.74) is 0.910. The lowest BCUT2D eigenvalue weighted by atomic mass is 10.2. The molecule has 0 N–H and O–H groups in total. The quantitative estimate of drug-likeness (QED) is 0.666. The van der Waals surface area contributed by atoms with Crippen LogP contribution in [0.5, 0.6) is 0 Å². The molecule has 2 aromatic heterocycles. The minimum absolute atomic E-state index is 0.541. The van der Waals surface area contributed by atoms with E-state index < -0.39 is 0 Å². The molecule has 3 heterocycles. The SMILES string of the molecule is Brc1ccccc1-c1nnc(CN2CCN(c3ncccn3)CC2)o1. The molecule has 0 saturated carbocycles. The lowest BCUT2D eigenvalue weighted by molar-refractivity contribution is 0.226. The van der Waals surface area contributed by atoms with E-state index in [-0.39, 0.29) is 0 Å². The highest BCUT2D eigenvalue weighted by Gasteiger charge is 2.21. The van der Waals surface area contributed by atoms with Gasteiger partial charge in [-0.25, -0.2) is 9.97 Å². The second kappa shape index (κ2) is 7.28. The largest absolute Gasteiger partial charge is 0.419 e. The van der Waals surface area contributed by atoms with Crippen molar-refractivity contribution in [3.8, 4) is 11.5 Å². The molecule has 4 rings (SSSR count). The summed E-state index contributed by atoms with van der Waals surface area (Å²) < 4.78 is 6.78. The molecule has 25 heavy (non-hydrogen) atoms. The highest BCUT2D eigenvalue weighted by Crippen LogP contribution is 2.27. The molecule has 3 aromatic rings. The van der Waals surface area contributed by atoms with E-state index in [1.807, 2.05) is 30.3 Å². The fourth-order valence-electron chi connectivity index (χ4n) is 2.81. The van der Waals surface area contributed by atoms with Crippen LogP contribution in [0.3, 0.4) is 0 Å². The van der Waals surface area contributed by atoms with Crippen molar-refractivity contribution in [2.45, 2.75) is 6.54 Å². The van der Waals surface area contributed by atoms with Crippen LogP contribution in [0.4, 0.5) is 5.95 Å². The van der Waals surface area contributed by atoms with E-state index in [9.17, 15) is 0 Å². The fraction of sp³-hybridized carbons (Fsp3) is 0.294. The minimum atomic E-state index is 0.541. The van der Waals surface area contributed by atoms with Crippen LogP contribution in [0.25, 0.3) is 11.5 Å². The highest BCUT2D eigenvalue weighted by molar-refractivity contribution is 9.10. The van der Waals surface area contributed by atoms with Gasteiger partial charge in [-0.2, -0.15) is 0 Å². The Morgan fingerprint density at radius 1 is 0.960 bits per heavy atom. The van der Waals surface area contributed by atoms with Crippen molar-refractivity contribution in [2.24, 2.45) is 0 Å². The molecule has 0 amide bonds. The van der Waals surface area contributed by atoms with E-state index in [4.69, 9.17) is 4.42 Å². The molecule has 0 aliphatic carbocycles. The van der Waals surface area contributed by atoms with Crippen molar-refractivity contribution in [3.05, 3.63) is 53.1 Å². The molecule has 0 radical (unpaired) electrons. The van der Waals surface area contributed by atoms with Crippen LogP contribution in [0.15, 0.2) is 51.6 Å². The minimum Gasteiger partial charge on any atom is -0.419 e. The summed E-state index contributed by atoms with van der Waals surface area (Å²) in [6.07, 6.45) is 3.55. The maximum Gasteiger partial charge on any atom is 0.248 e. The van der Waals surface area contributed by atoms with Crippen LogP contribution in [-0.4, -0.2) is 51.2 Å². The lowest BCUT2D eigenvalue weighted by Crippen LogP contribution is -2.46.